The summed E-state index contributed by atoms with van der Waals surface area (Å²) in [5, 5.41) is 0. The Labute approximate surface area is 155 Å². The van der Waals surface area contributed by atoms with Gasteiger partial charge in [0.15, 0.2) is 5.78 Å². The summed E-state index contributed by atoms with van der Waals surface area (Å²) in [6.07, 6.45) is 14.9. The Morgan fingerprint density at radius 1 is 1.12 bits per heavy atom. The fraction of sp³-hybridized carbons (Fsp3) is 0.739. The van der Waals surface area contributed by atoms with Crippen LogP contribution in [0.4, 0.5) is 0 Å². The lowest BCUT2D eigenvalue weighted by molar-refractivity contribution is -0.171. The van der Waals surface area contributed by atoms with E-state index in [1.54, 1.807) is 6.08 Å². The van der Waals surface area contributed by atoms with Gasteiger partial charge in [0.2, 0.25) is 0 Å². The van der Waals surface area contributed by atoms with Crippen LogP contribution in [0.1, 0.15) is 58.3 Å². The van der Waals surface area contributed by atoms with Crippen molar-refractivity contribution in [1.82, 2.24) is 0 Å². The summed E-state index contributed by atoms with van der Waals surface area (Å²) < 4.78 is 6.12. The molecule has 1 aliphatic heterocycles. The van der Waals surface area contributed by atoms with Gasteiger partial charge in [-0.25, -0.2) is 4.79 Å². The van der Waals surface area contributed by atoms with Crippen LogP contribution < -0.4 is 0 Å². The summed E-state index contributed by atoms with van der Waals surface area (Å²) >= 11 is 0. The molecule has 5 aliphatic carbocycles. The number of carbonyl (C=O) groups is 2. The topological polar surface area (TPSA) is 43.4 Å². The first-order chi connectivity index (χ1) is 12.6. The number of allylic oxidation sites excluding steroid dienone is 1. The van der Waals surface area contributed by atoms with Crippen molar-refractivity contribution in [3.05, 3.63) is 23.8 Å². The normalized spacial score (nSPS) is 53.5. The highest BCUT2D eigenvalue weighted by molar-refractivity contribution is 5.91. The molecule has 0 radical (unpaired) electrons. The second-order valence-electron chi connectivity index (χ2n) is 9.82. The zero-order valence-corrected chi connectivity index (χ0v) is 15.6. The molecule has 6 aliphatic rings. The lowest BCUT2D eigenvalue weighted by Gasteiger charge is -2.58. The van der Waals surface area contributed by atoms with Crippen molar-refractivity contribution >= 4 is 11.8 Å². The molecule has 0 N–H and O–H groups in total. The number of esters is 1. The van der Waals surface area contributed by atoms with Crippen molar-refractivity contribution in [2.45, 2.75) is 63.9 Å². The van der Waals surface area contributed by atoms with E-state index in [9.17, 15) is 9.59 Å². The minimum Gasteiger partial charge on any atom is -0.451 e. The van der Waals surface area contributed by atoms with Gasteiger partial charge in [-0.2, -0.15) is 0 Å². The molecular formula is C23H28O3. The van der Waals surface area contributed by atoms with Gasteiger partial charge < -0.3 is 4.74 Å². The molecule has 0 saturated heterocycles. The summed E-state index contributed by atoms with van der Waals surface area (Å²) in [5.74, 6) is 4.44. The average molecular weight is 352 g/mol. The predicted octanol–water partition coefficient (Wildman–Crippen LogP) is 4.23. The van der Waals surface area contributed by atoms with E-state index in [-0.39, 0.29) is 17.0 Å². The lowest BCUT2D eigenvalue weighted by atomic mass is 9.48. The molecule has 3 heteroatoms. The van der Waals surface area contributed by atoms with E-state index in [0.29, 0.717) is 23.5 Å². The van der Waals surface area contributed by atoms with E-state index in [1.165, 1.54) is 31.3 Å². The lowest BCUT2D eigenvalue weighted by Crippen LogP contribution is -2.56. The Hall–Kier alpha value is -1.38. The quantitative estimate of drug-likeness (QED) is 0.664. The molecule has 0 amide bonds. The van der Waals surface area contributed by atoms with Crippen molar-refractivity contribution in [2.75, 3.05) is 0 Å². The number of fused-ring (bicyclic) bond motifs is 9. The Morgan fingerprint density at radius 2 is 2.00 bits per heavy atom. The van der Waals surface area contributed by atoms with Gasteiger partial charge in [0.05, 0.1) is 0 Å². The van der Waals surface area contributed by atoms with Crippen LogP contribution >= 0.6 is 0 Å². The first-order valence-electron chi connectivity index (χ1n) is 10.7. The summed E-state index contributed by atoms with van der Waals surface area (Å²) in [6.45, 7) is 2.33. The van der Waals surface area contributed by atoms with Gasteiger partial charge in [-0.05, 0) is 86.7 Å². The van der Waals surface area contributed by atoms with Gasteiger partial charge in [0.25, 0.3) is 0 Å². The molecule has 6 rings (SSSR count). The molecule has 0 aromatic rings. The van der Waals surface area contributed by atoms with E-state index < -0.39 is 0 Å². The first kappa shape index (κ1) is 15.7. The second kappa shape index (κ2) is 4.91. The van der Waals surface area contributed by atoms with Crippen LogP contribution in [0, 0.1) is 40.9 Å². The highest BCUT2D eigenvalue weighted by Gasteiger charge is 2.78. The SMILES string of the molecule is CC[C@]12CC[C@H]3[C@@H](CCC4=CC(=O)CC[C@@H]43)[C@@H]1[C@@H]1C[C@@H]1[C@@]21C=CC(=O)O1. The van der Waals surface area contributed by atoms with Crippen molar-refractivity contribution < 1.29 is 14.3 Å². The molecule has 138 valence electrons. The van der Waals surface area contributed by atoms with Crippen molar-refractivity contribution in [1.29, 1.82) is 0 Å². The van der Waals surface area contributed by atoms with E-state index in [2.05, 4.69) is 13.0 Å². The Morgan fingerprint density at radius 3 is 2.77 bits per heavy atom. The Balaban J connectivity index is 1.40. The standard InChI is InChI=1S/C23H28O3/c1-2-22-9-7-16-15-6-4-14(24)11-13(15)3-5-17(16)21(22)18-12-19(18)23(22)10-8-20(25)26-23/h8,10-11,15-19,21H,2-7,9,12H2,1H3/t15-,16+,17+,18+,19-,21+,22-,23-/m0/s1. The molecule has 0 aromatic carbocycles. The fourth-order valence-corrected chi connectivity index (χ4v) is 8.56. The molecule has 3 nitrogen and oxygen atoms in total. The number of ether oxygens (including phenoxy) is 1. The predicted molar refractivity (Wildman–Crippen MR) is 97.0 cm³/mol. The number of hydrogen-bond acceptors (Lipinski definition) is 3. The number of rotatable bonds is 1. The van der Waals surface area contributed by atoms with Gasteiger partial charge >= 0.3 is 5.97 Å². The van der Waals surface area contributed by atoms with Gasteiger partial charge in [0, 0.05) is 23.8 Å². The van der Waals surface area contributed by atoms with Gasteiger partial charge in [-0.15, -0.1) is 0 Å². The maximum Gasteiger partial charge on any atom is 0.331 e. The van der Waals surface area contributed by atoms with Crippen LogP contribution in [0.5, 0.6) is 0 Å². The highest BCUT2D eigenvalue weighted by atomic mass is 16.6. The largest absolute Gasteiger partial charge is 0.451 e. The maximum absolute atomic E-state index is 12.1. The van der Waals surface area contributed by atoms with Crippen molar-refractivity contribution in [2.24, 2.45) is 40.9 Å². The van der Waals surface area contributed by atoms with E-state index in [1.807, 2.05) is 6.08 Å². The molecule has 1 heterocycles. The van der Waals surface area contributed by atoms with E-state index in [0.717, 1.165) is 43.4 Å². The van der Waals surface area contributed by atoms with Crippen LogP contribution in [-0.4, -0.2) is 17.4 Å². The smallest absolute Gasteiger partial charge is 0.331 e. The van der Waals surface area contributed by atoms with Gasteiger partial charge in [-0.1, -0.05) is 12.5 Å². The molecule has 0 aromatic heterocycles. The molecule has 0 unspecified atom stereocenters. The Bertz CT molecular complexity index is 763. The monoisotopic (exact) mass is 352 g/mol. The summed E-state index contributed by atoms with van der Waals surface area (Å²) in [4.78, 5) is 23.9. The molecule has 0 bridgehead atoms. The highest BCUT2D eigenvalue weighted by Crippen LogP contribution is 2.78. The summed E-state index contributed by atoms with van der Waals surface area (Å²) in [5.41, 5.74) is 1.33. The van der Waals surface area contributed by atoms with Crippen LogP contribution in [-0.2, 0) is 14.3 Å². The average Bonchev–Trinajstić information content (AvgIpc) is 3.29. The van der Waals surface area contributed by atoms with Crippen LogP contribution in [0.25, 0.3) is 0 Å². The zero-order valence-electron chi connectivity index (χ0n) is 15.6. The minimum absolute atomic E-state index is 0.120. The Kier molecular flexibility index (Phi) is 2.96. The molecule has 4 fully saturated rings. The zero-order chi connectivity index (χ0) is 17.7. The minimum atomic E-state index is -0.294. The van der Waals surface area contributed by atoms with Gasteiger partial charge in [0.1, 0.15) is 5.60 Å². The van der Waals surface area contributed by atoms with Crippen LogP contribution in [0.3, 0.4) is 0 Å². The molecule has 26 heavy (non-hydrogen) atoms. The number of hydrogen-bond donors (Lipinski definition) is 0. The third-order valence-corrected chi connectivity index (χ3v) is 9.38. The molecule has 1 spiro atoms. The number of carbonyl (C=O) groups excluding carboxylic acids is 2. The van der Waals surface area contributed by atoms with Crippen molar-refractivity contribution in [3.8, 4) is 0 Å². The van der Waals surface area contributed by atoms with Crippen LogP contribution in [0.15, 0.2) is 23.8 Å². The third-order valence-electron chi connectivity index (χ3n) is 9.38. The molecular weight excluding hydrogens is 324 g/mol. The third kappa shape index (κ3) is 1.67. The maximum atomic E-state index is 12.1. The van der Waals surface area contributed by atoms with Gasteiger partial charge in [-0.3, -0.25) is 4.79 Å². The second-order valence-corrected chi connectivity index (χ2v) is 9.82. The van der Waals surface area contributed by atoms with Crippen molar-refractivity contribution in [3.63, 3.8) is 0 Å². The van der Waals surface area contributed by atoms with E-state index >= 15 is 0 Å². The summed E-state index contributed by atoms with van der Waals surface area (Å²) in [6, 6.07) is 0. The van der Waals surface area contributed by atoms with Crippen LogP contribution in [0.2, 0.25) is 0 Å². The fourth-order valence-electron chi connectivity index (χ4n) is 8.56. The van der Waals surface area contributed by atoms with E-state index in [4.69, 9.17) is 4.74 Å². The number of ketones is 1. The first-order valence-corrected chi connectivity index (χ1v) is 10.7. The molecule has 4 saturated carbocycles. The summed E-state index contributed by atoms with van der Waals surface area (Å²) in [7, 11) is 0. The molecule has 8 atom stereocenters.